The zero-order chi connectivity index (χ0) is 19.5. The van der Waals surface area contributed by atoms with E-state index >= 15 is 0 Å². The van der Waals surface area contributed by atoms with Crippen molar-refractivity contribution in [3.8, 4) is 0 Å². The zero-order valence-corrected chi connectivity index (χ0v) is 17.4. The second-order valence-corrected chi connectivity index (χ2v) is 10.1. The van der Waals surface area contributed by atoms with E-state index in [1.807, 2.05) is 11.8 Å². The number of carbonyl (C=O) groups is 2. The summed E-state index contributed by atoms with van der Waals surface area (Å²) < 4.78 is 5.17. The van der Waals surface area contributed by atoms with Crippen molar-refractivity contribution in [2.24, 2.45) is 23.2 Å². The van der Waals surface area contributed by atoms with Crippen molar-refractivity contribution >= 4 is 12.0 Å². The first-order chi connectivity index (χ1) is 13.5. The number of hydrogen-bond donors (Lipinski definition) is 0. The maximum absolute atomic E-state index is 13.0. The predicted molar refractivity (Wildman–Crippen MR) is 106 cm³/mol. The molecule has 2 unspecified atom stereocenters. The van der Waals surface area contributed by atoms with Gasteiger partial charge in [-0.3, -0.25) is 9.69 Å². The third-order valence-corrected chi connectivity index (χ3v) is 8.41. The van der Waals surface area contributed by atoms with E-state index in [1.165, 1.54) is 32.1 Å². The molecule has 0 aromatic carbocycles. The monoisotopic (exact) mass is 389 g/mol. The minimum absolute atomic E-state index is 0.140. The summed E-state index contributed by atoms with van der Waals surface area (Å²) in [7, 11) is 0. The Balaban J connectivity index is 1.09. The number of fused-ring (bicyclic) bond motifs is 1. The highest BCUT2D eigenvalue weighted by Gasteiger charge is 2.63. The van der Waals surface area contributed by atoms with E-state index in [0.717, 1.165) is 39.1 Å². The summed E-state index contributed by atoms with van der Waals surface area (Å²) >= 11 is 0. The van der Waals surface area contributed by atoms with Gasteiger partial charge in [0.25, 0.3) is 0 Å². The molecule has 1 spiro atoms. The van der Waals surface area contributed by atoms with Crippen LogP contribution in [-0.2, 0) is 9.53 Å². The highest BCUT2D eigenvalue weighted by atomic mass is 16.6. The molecule has 2 saturated carbocycles. The lowest BCUT2D eigenvalue weighted by molar-refractivity contribution is -0.137. The molecule has 5 rings (SSSR count). The fourth-order valence-corrected chi connectivity index (χ4v) is 6.68. The lowest BCUT2D eigenvalue weighted by Crippen LogP contribution is -2.52. The first kappa shape index (κ1) is 18.7. The number of hydrogen-bond acceptors (Lipinski definition) is 4. The molecule has 3 saturated heterocycles. The first-order valence-corrected chi connectivity index (χ1v) is 11.5. The van der Waals surface area contributed by atoms with Gasteiger partial charge in [-0.1, -0.05) is 0 Å². The van der Waals surface area contributed by atoms with Crippen LogP contribution in [0.5, 0.6) is 0 Å². The van der Waals surface area contributed by atoms with Gasteiger partial charge in [-0.05, 0) is 69.6 Å². The van der Waals surface area contributed by atoms with Crippen molar-refractivity contribution in [1.29, 1.82) is 0 Å². The van der Waals surface area contributed by atoms with Crippen LogP contribution in [0, 0.1) is 23.2 Å². The molecule has 6 nitrogen and oxygen atoms in total. The Morgan fingerprint density at radius 1 is 1.11 bits per heavy atom. The molecule has 28 heavy (non-hydrogen) atoms. The topological polar surface area (TPSA) is 53.1 Å². The summed E-state index contributed by atoms with van der Waals surface area (Å²) in [5, 5.41) is 0. The van der Waals surface area contributed by atoms with Gasteiger partial charge in [-0.15, -0.1) is 0 Å². The maximum atomic E-state index is 13.0. The van der Waals surface area contributed by atoms with Crippen LogP contribution in [0.25, 0.3) is 0 Å². The van der Waals surface area contributed by atoms with E-state index in [0.29, 0.717) is 47.8 Å². The summed E-state index contributed by atoms with van der Waals surface area (Å²) in [5.74, 6) is 1.99. The molecule has 2 amide bonds. The van der Waals surface area contributed by atoms with Gasteiger partial charge in [0.15, 0.2) is 0 Å². The minimum Gasteiger partial charge on any atom is -0.450 e. The Morgan fingerprint density at radius 2 is 1.86 bits per heavy atom. The number of likely N-dealkylation sites (tertiary alicyclic amines) is 3. The lowest BCUT2D eigenvalue weighted by atomic mass is 9.64. The van der Waals surface area contributed by atoms with Crippen molar-refractivity contribution in [1.82, 2.24) is 14.7 Å². The lowest BCUT2D eigenvalue weighted by Gasteiger charge is -2.49. The first-order valence-electron chi connectivity index (χ1n) is 11.5. The molecule has 6 heteroatoms. The predicted octanol–water partition coefficient (Wildman–Crippen LogP) is 2.58. The smallest absolute Gasteiger partial charge is 0.409 e. The fourth-order valence-electron chi connectivity index (χ4n) is 6.68. The molecule has 5 fully saturated rings. The molecule has 0 N–H and O–H groups in total. The van der Waals surface area contributed by atoms with Crippen LogP contribution in [0.2, 0.25) is 0 Å². The number of amides is 2. The SMILES string of the molecule is CCOC(=O)N1CCC2(CC(N3CC4C(C3)C4C(=O)N3CCCC[C@H]3C)C2)C1. The summed E-state index contributed by atoms with van der Waals surface area (Å²) in [4.78, 5) is 31.7. The van der Waals surface area contributed by atoms with Crippen LogP contribution in [0.3, 0.4) is 0 Å². The van der Waals surface area contributed by atoms with Gasteiger partial charge < -0.3 is 14.5 Å². The molecular weight excluding hydrogens is 354 g/mol. The van der Waals surface area contributed by atoms with Crippen LogP contribution < -0.4 is 0 Å². The Bertz CT molecular complexity index is 635. The second kappa shape index (κ2) is 6.89. The van der Waals surface area contributed by atoms with E-state index in [1.54, 1.807) is 0 Å². The van der Waals surface area contributed by atoms with E-state index in [-0.39, 0.29) is 6.09 Å². The van der Waals surface area contributed by atoms with Crippen molar-refractivity contribution in [2.75, 3.05) is 39.3 Å². The van der Waals surface area contributed by atoms with Gasteiger partial charge >= 0.3 is 6.09 Å². The zero-order valence-electron chi connectivity index (χ0n) is 17.4. The molecule has 3 aliphatic heterocycles. The van der Waals surface area contributed by atoms with Crippen LogP contribution in [-0.4, -0.2) is 78.1 Å². The van der Waals surface area contributed by atoms with E-state index in [4.69, 9.17) is 4.74 Å². The molecule has 156 valence electrons. The van der Waals surface area contributed by atoms with Crippen LogP contribution in [0.4, 0.5) is 4.79 Å². The molecule has 0 aromatic heterocycles. The third kappa shape index (κ3) is 3.03. The average Bonchev–Trinajstić information content (AvgIpc) is 3.00. The normalized spacial score (nSPS) is 42.4. The Labute approximate surface area is 168 Å². The molecule has 2 aliphatic carbocycles. The molecule has 3 heterocycles. The Hall–Kier alpha value is -1.30. The number of piperidine rings is 2. The molecule has 3 atom stereocenters. The van der Waals surface area contributed by atoms with Gasteiger partial charge in [0.05, 0.1) is 6.61 Å². The van der Waals surface area contributed by atoms with E-state index in [2.05, 4.69) is 16.7 Å². The molecule has 0 bridgehead atoms. The maximum Gasteiger partial charge on any atom is 0.409 e. The summed E-state index contributed by atoms with van der Waals surface area (Å²) in [6.45, 7) is 9.47. The number of nitrogens with zero attached hydrogens (tertiary/aromatic N) is 3. The van der Waals surface area contributed by atoms with Gasteiger partial charge in [0.2, 0.25) is 5.91 Å². The summed E-state index contributed by atoms with van der Waals surface area (Å²) in [5.41, 5.74) is 0.336. The highest BCUT2D eigenvalue weighted by molar-refractivity contribution is 5.83. The standard InChI is InChI=1S/C22H35N3O3/c1-3-28-21(27)23-9-7-22(14-23)10-16(11-22)24-12-17-18(13-24)19(17)20(26)25-8-5-4-6-15(25)2/h15-19H,3-14H2,1-2H3/t15-,16?,17?,18?,19?,22?/m1/s1. The molecule has 5 aliphatic rings. The van der Waals surface area contributed by atoms with Gasteiger partial charge in [-0.25, -0.2) is 4.79 Å². The van der Waals surface area contributed by atoms with Crippen molar-refractivity contribution in [3.63, 3.8) is 0 Å². The van der Waals surface area contributed by atoms with E-state index in [9.17, 15) is 9.59 Å². The Morgan fingerprint density at radius 3 is 2.54 bits per heavy atom. The average molecular weight is 390 g/mol. The summed E-state index contributed by atoms with van der Waals surface area (Å²) in [6, 6.07) is 1.11. The van der Waals surface area contributed by atoms with E-state index < -0.39 is 0 Å². The Kier molecular flexibility index (Phi) is 4.61. The summed E-state index contributed by atoms with van der Waals surface area (Å²) in [6.07, 6.45) is 7.03. The van der Waals surface area contributed by atoms with Crippen molar-refractivity contribution in [2.45, 2.75) is 64.5 Å². The number of rotatable bonds is 3. The third-order valence-electron chi connectivity index (χ3n) is 8.41. The molecule has 0 aromatic rings. The second-order valence-electron chi connectivity index (χ2n) is 10.1. The quantitative estimate of drug-likeness (QED) is 0.744. The van der Waals surface area contributed by atoms with Crippen LogP contribution >= 0.6 is 0 Å². The van der Waals surface area contributed by atoms with Gasteiger partial charge in [0, 0.05) is 50.7 Å². The van der Waals surface area contributed by atoms with Crippen LogP contribution in [0.15, 0.2) is 0 Å². The largest absolute Gasteiger partial charge is 0.450 e. The van der Waals surface area contributed by atoms with Gasteiger partial charge in [-0.2, -0.15) is 0 Å². The molecular formula is C22H35N3O3. The van der Waals surface area contributed by atoms with Crippen molar-refractivity contribution in [3.05, 3.63) is 0 Å². The van der Waals surface area contributed by atoms with Crippen molar-refractivity contribution < 1.29 is 14.3 Å². The van der Waals surface area contributed by atoms with Gasteiger partial charge in [0.1, 0.15) is 0 Å². The van der Waals surface area contributed by atoms with Crippen LogP contribution in [0.1, 0.15) is 52.4 Å². The highest BCUT2D eigenvalue weighted by Crippen LogP contribution is 2.57. The fraction of sp³-hybridized carbons (Fsp3) is 0.909. The number of ether oxygens (including phenoxy) is 1. The number of carbonyl (C=O) groups excluding carboxylic acids is 2. The minimum atomic E-state index is -0.140. The molecule has 0 radical (unpaired) electrons.